The molecule has 21 heavy (non-hydrogen) atoms. The fourth-order valence-electron chi connectivity index (χ4n) is 1.97. The first kappa shape index (κ1) is 15.0. The van der Waals surface area contributed by atoms with E-state index in [0.717, 1.165) is 5.56 Å². The summed E-state index contributed by atoms with van der Waals surface area (Å²) in [7, 11) is -3.58. The summed E-state index contributed by atoms with van der Waals surface area (Å²) in [5.41, 5.74) is 6.53. The lowest BCUT2D eigenvalue weighted by atomic mass is 10.0. The van der Waals surface area contributed by atoms with E-state index in [1.807, 2.05) is 37.3 Å². The van der Waals surface area contributed by atoms with Crippen molar-refractivity contribution in [1.82, 2.24) is 10.2 Å². The second-order valence-corrected chi connectivity index (χ2v) is 6.53. The predicted octanol–water partition coefficient (Wildman–Crippen LogP) is 1.24. The Labute approximate surface area is 123 Å². The van der Waals surface area contributed by atoms with Crippen molar-refractivity contribution in [3.05, 3.63) is 47.7 Å². The first-order valence-electron chi connectivity index (χ1n) is 6.32. The van der Waals surface area contributed by atoms with Crippen molar-refractivity contribution >= 4 is 21.7 Å². The van der Waals surface area contributed by atoms with Gasteiger partial charge in [0.2, 0.25) is 10.0 Å². The molecule has 0 aliphatic rings. The molecular formula is C13H17N5O2S. The third-order valence-corrected chi connectivity index (χ3v) is 4.48. The van der Waals surface area contributed by atoms with Crippen LogP contribution in [-0.4, -0.2) is 30.2 Å². The van der Waals surface area contributed by atoms with Gasteiger partial charge >= 0.3 is 0 Å². The number of H-pyrrole nitrogens is 1. The first-order chi connectivity index (χ1) is 9.89. The third-order valence-electron chi connectivity index (χ3n) is 3.03. The molecule has 1 atom stereocenters. The van der Waals surface area contributed by atoms with E-state index in [1.54, 1.807) is 0 Å². The minimum atomic E-state index is -3.58. The van der Waals surface area contributed by atoms with Gasteiger partial charge in [0.15, 0.2) is 0 Å². The Morgan fingerprint density at radius 2 is 2.10 bits per heavy atom. The van der Waals surface area contributed by atoms with E-state index in [4.69, 9.17) is 11.1 Å². The van der Waals surface area contributed by atoms with Crippen LogP contribution in [0.4, 0.5) is 5.82 Å². The van der Waals surface area contributed by atoms with Crippen LogP contribution >= 0.6 is 0 Å². The molecule has 0 spiro atoms. The highest BCUT2D eigenvalue weighted by molar-refractivity contribution is 7.92. The number of anilines is 1. The standard InChI is InChI=1S/C13H17N5O2S/c1-9(10-5-3-2-4-6-10)8-21(19,20)18-13-11(12(14)15)7-16-17-13/h2-7,9H,8H2,1H3,(H3,14,15)(H2,16,17,18). The van der Waals surface area contributed by atoms with Crippen LogP contribution in [0.15, 0.2) is 36.5 Å². The lowest BCUT2D eigenvalue weighted by Crippen LogP contribution is -2.22. The van der Waals surface area contributed by atoms with Crippen molar-refractivity contribution in [3.8, 4) is 0 Å². The lowest BCUT2D eigenvalue weighted by molar-refractivity contribution is 0.595. The van der Waals surface area contributed by atoms with Gasteiger partial charge in [-0.3, -0.25) is 15.2 Å². The molecule has 0 saturated heterocycles. The molecule has 1 unspecified atom stereocenters. The van der Waals surface area contributed by atoms with Crippen LogP contribution in [0.2, 0.25) is 0 Å². The summed E-state index contributed by atoms with van der Waals surface area (Å²) in [6.45, 7) is 1.84. The Morgan fingerprint density at radius 3 is 2.71 bits per heavy atom. The van der Waals surface area contributed by atoms with Crippen molar-refractivity contribution in [1.29, 1.82) is 5.41 Å². The number of nitrogen functional groups attached to an aromatic ring is 1. The van der Waals surface area contributed by atoms with Gasteiger partial charge in [0.05, 0.1) is 17.5 Å². The summed E-state index contributed by atoms with van der Waals surface area (Å²) in [4.78, 5) is 0. The Kier molecular flexibility index (Phi) is 4.27. The zero-order valence-electron chi connectivity index (χ0n) is 11.5. The third kappa shape index (κ3) is 3.82. The number of amidine groups is 1. The van der Waals surface area contributed by atoms with E-state index < -0.39 is 10.0 Å². The van der Waals surface area contributed by atoms with Gasteiger partial charge in [0.1, 0.15) is 11.7 Å². The molecule has 1 aromatic heterocycles. The van der Waals surface area contributed by atoms with E-state index in [2.05, 4.69) is 14.9 Å². The maximum Gasteiger partial charge on any atom is 0.234 e. The average Bonchev–Trinajstić information content (AvgIpc) is 2.86. The second-order valence-electron chi connectivity index (χ2n) is 4.77. The van der Waals surface area contributed by atoms with Crippen molar-refractivity contribution < 1.29 is 8.42 Å². The molecule has 0 amide bonds. The number of aromatic nitrogens is 2. The van der Waals surface area contributed by atoms with Crippen LogP contribution in [0.5, 0.6) is 0 Å². The number of sulfonamides is 1. The number of benzene rings is 1. The van der Waals surface area contributed by atoms with E-state index in [0.29, 0.717) is 0 Å². The largest absolute Gasteiger partial charge is 0.384 e. The number of nitrogens with two attached hydrogens (primary N) is 1. The molecule has 0 aliphatic carbocycles. The summed E-state index contributed by atoms with van der Waals surface area (Å²) in [5, 5.41) is 13.5. The van der Waals surface area contributed by atoms with E-state index >= 15 is 0 Å². The van der Waals surface area contributed by atoms with Gasteiger partial charge in [-0.25, -0.2) is 8.42 Å². The number of nitrogens with zero attached hydrogens (tertiary/aromatic N) is 1. The summed E-state index contributed by atoms with van der Waals surface area (Å²) in [6, 6.07) is 9.39. The summed E-state index contributed by atoms with van der Waals surface area (Å²) < 4.78 is 26.8. The molecule has 2 aromatic rings. The number of hydrogen-bond donors (Lipinski definition) is 4. The monoisotopic (exact) mass is 307 g/mol. The first-order valence-corrected chi connectivity index (χ1v) is 7.97. The number of nitrogens with one attached hydrogen (secondary N) is 3. The predicted molar refractivity (Wildman–Crippen MR) is 81.9 cm³/mol. The highest BCUT2D eigenvalue weighted by atomic mass is 32.2. The molecule has 0 aliphatic heterocycles. The topological polar surface area (TPSA) is 125 Å². The average molecular weight is 307 g/mol. The van der Waals surface area contributed by atoms with Crippen LogP contribution < -0.4 is 10.5 Å². The molecule has 2 rings (SSSR count). The molecule has 7 nitrogen and oxygen atoms in total. The van der Waals surface area contributed by atoms with Crippen molar-refractivity contribution in [2.45, 2.75) is 12.8 Å². The van der Waals surface area contributed by atoms with Gasteiger partial charge in [0.25, 0.3) is 0 Å². The molecule has 5 N–H and O–H groups in total. The van der Waals surface area contributed by atoms with Crippen molar-refractivity contribution in [2.75, 3.05) is 10.5 Å². The van der Waals surface area contributed by atoms with E-state index in [-0.39, 0.29) is 28.9 Å². The van der Waals surface area contributed by atoms with Gasteiger partial charge in [0, 0.05) is 0 Å². The molecule has 1 aromatic carbocycles. The Balaban J connectivity index is 2.12. The molecule has 0 saturated carbocycles. The minimum absolute atomic E-state index is 0.0760. The van der Waals surface area contributed by atoms with Crippen molar-refractivity contribution in [3.63, 3.8) is 0 Å². The van der Waals surface area contributed by atoms with Crippen molar-refractivity contribution in [2.24, 2.45) is 5.73 Å². The molecule has 0 fully saturated rings. The maximum atomic E-state index is 12.2. The second kappa shape index (κ2) is 5.96. The Hall–Kier alpha value is -2.35. The molecule has 0 radical (unpaired) electrons. The Morgan fingerprint density at radius 1 is 1.43 bits per heavy atom. The zero-order chi connectivity index (χ0) is 15.5. The summed E-state index contributed by atoms with van der Waals surface area (Å²) >= 11 is 0. The normalized spacial score (nSPS) is 12.8. The van der Waals surface area contributed by atoms with Gasteiger partial charge in [-0.05, 0) is 11.5 Å². The highest BCUT2D eigenvalue weighted by Crippen LogP contribution is 2.19. The smallest absolute Gasteiger partial charge is 0.234 e. The summed E-state index contributed by atoms with van der Waals surface area (Å²) in [6.07, 6.45) is 1.31. The molecule has 1 heterocycles. The van der Waals surface area contributed by atoms with Crippen LogP contribution in [-0.2, 0) is 10.0 Å². The van der Waals surface area contributed by atoms with Crippen LogP contribution in [0.3, 0.4) is 0 Å². The maximum absolute atomic E-state index is 12.2. The van der Waals surface area contributed by atoms with E-state index in [9.17, 15) is 8.42 Å². The van der Waals surface area contributed by atoms with Crippen LogP contribution in [0.1, 0.15) is 24.0 Å². The van der Waals surface area contributed by atoms with Crippen LogP contribution in [0, 0.1) is 5.41 Å². The lowest BCUT2D eigenvalue weighted by Gasteiger charge is -2.13. The SMILES string of the molecule is CC(CS(=O)(=O)Nc1[nH]ncc1C(=N)N)c1ccccc1. The van der Waals surface area contributed by atoms with Crippen LogP contribution in [0.25, 0.3) is 0 Å². The quantitative estimate of drug-likeness (QED) is 0.473. The fourth-order valence-corrected chi connectivity index (χ4v) is 3.37. The van der Waals surface area contributed by atoms with Gasteiger partial charge < -0.3 is 5.73 Å². The number of rotatable bonds is 6. The zero-order valence-corrected chi connectivity index (χ0v) is 12.3. The van der Waals surface area contributed by atoms with E-state index in [1.165, 1.54) is 6.20 Å². The number of hydrogen-bond acceptors (Lipinski definition) is 4. The molecule has 0 bridgehead atoms. The minimum Gasteiger partial charge on any atom is -0.384 e. The fraction of sp³-hybridized carbons (Fsp3) is 0.231. The van der Waals surface area contributed by atoms with Gasteiger partial charge in [-0.1, -0.05) is 37.3 Å². The summed E-state index contributed by atoms with van der Waals surface area (Å²) in [5.74, 6) is -0.374. The highest BCUT2D eigenvalue weighted by Gasteiger charge is 2.20. The van der Waals surface area contributed by atoms with Gasteiger partial charge in [-0.2, -0.15) is 5.10 Å². The number of aromatic amines is 1. The molecule has 112 valence electrons. The Bertz CT molecular complexity index is 724. The molecular weight excluding hydrogens is 290 g/mol. The molecule has 8 heteroatoms. The van der Waals surface area contributed by atoms with Gasteiger partial charge in [-0.15, -0.1) is 0 Å².